The van der Waals surface area contributed by atoms with Crippen LogP contribution in [0.3, 0.4) is 0 Å². The number of hydrogen-bond acceptors (Lipinski definition) is 5. The van der Waals surface area contributed by atoms with Crippen molar-refractivity contribution in [2.75, 3.05) is 0 Å². The van der Waals surface area contributed by atoms with Crippen LogP contribution in [0, 0.1) is 0 Å². The SMILES string of the molecule is CC(=O)Oc1ccc(CC(NC(=O)CCC(=O)c2ccc(Cl)cc2)C(=O)O)cc1. The lowest BCUT2D eigenvalue weighted by Gasteiger charge is -2.15. The fourth-order valence-corrected chi connectivity index (χ4v) is 2.69. The Morgan fingerprint density at radius 3 is 2.17 bits per heavy atom. The molecule has 0 fully saturated rings. The summed E-state index contributed by atoms with van der Waals surface area (Å²) in [6, 6.07) is 11.5. The van der Waals surface area contributed by atoms with Crippen LogP contribution < -0.4 is 10.1 Å². The van der Waals surface area contributed by atoms with E-state index in [2.05, 4.69) is 5.32 Å². The van der Waals surface area contributed by atoms with Gasteiger partial charge in [-0.25, -0.2) is 4.79 Å². The van der Waals surface area contributed by atoms with Crippen molar-refractivity contribution < 1.29 is 29.0 Å². The number of ketones is 1. The third-order valence-electron chi connectivity index (χ3n) is 4.00. The molecule has 1 unspecified atom stereocenters. The molecule has 0 saturated heterocycles. The molecule has 0 aliphatic rings. The number of ether oxygens (including phenoxy) is 1. The van der Waals surface area contributed by atoms with E-state index < -0.39 is 23.9 Å². The maximum atomic E-state index is 12.1. The van der Waals surface area contributed by atoms with Gasteiger partial charge in [-0.3, -0.25) is 14.4 Å². The van der Waals surface area contributed by atoms with Crippen LogP contribution >= 0.6 is 11.6 Å². The van der Waals surface area contributed by atoms with Gasteiger partial charge in [-0.15, -0.1) is 0 Å². The number of Topliss-reactive ketones (excluding diaryl/α,β-unsaturated/α-hetero) is 1. The summed E-state index contributed by atoms with van der Waals surface area (Å²) in [7, 11) is 0. The third kappa shape index (κ3) is 7.38. The van der Waals surface area contributed by atoms with Gasteiger partial charge in [0.15, 0.2) is 5.78 Å². The number of hydrogen-bond donors (Lipinski definition) is 2. The zero-order valence-electron chi connectivity index (χ0n) is 15.7. The Hall–Kier alpha value is -3.19. The summed E-state index contributed by atoms with van der Waals surface area (Å²) in [6.07, 6.45) is -0.125. The van der Waals surface area contributed by atoms with Crippen LogP contribution in [0.5, 0.6) is 5.75 Å². The molecule has 0 saturated carbocycles. The molecule has 0 bridgehead atoms. The number of esters is 1. The number of carboxylic acids is 1. The highest BCUT2D eigenvalue weighted by atomic mass is 35.5. The van der Waals surface area contributed by atoms with E-state index in [4.69, 9.17) is 16.3 Å². The normalized spacial score (nSPS) is 11.4. The van der Waals surface area contributed by atoms with Gasteiger partial charge in [0.2, 0.25) is 5.91 Å². The van der Waals surface area contributed by atoms with Crippen LogP contribution in [0.2, 0.25) is 5.02 Å². The minimum atomic E-state index is -1.19. The van der Waals surface area contributed by atoms with E-state index in [9.17, 15) is 24.3 Å². The van der Waals surface area contributed by atoms with E-state index in [0.29, 0.717) is 21.9 Å². The first-order valence-electron chi connectivity index (χ1n) is 8.83. The summed E-state index contributed by atoms with van der Waals surface area (Å²) in [5.41, 5.74) is 1.08. The van der Waals surface area contributed by atoms with Crippen molar-refractivity contribution in [3.8, 4) is 5.75 Å². The van der Waals surface area contributed by atoms with Crippen LogP contribution in [0.15, 0.2) is 48.5 Å². The Morgan fingerprint density at radius 1 is 1.00 bits per heavy atom. The van der Waals surface area contributed by atoms with Gasteiger partial charge < -0.3 is 15.2 Å². The molecular weight excluding hydrogens is 398 g/mol. The van der Waals surface area contributed by atoms with Gasteiger partial charge in [-0.1, -0.05) is 23.7 Å². The zero-order valence-corrected chi connectivity index (χ0v) is 16.4. The molecule has 2 rings (SSSR count). The number of carbonyl (C=O) groups excluding carboxylic acids is 3. The number of aliphatic carboxylic acids is 1. The summed E-state index contributed by atoms with van der Waals surface area (Å²) in [5.74, 6) is -2.06. The molecule has 0 heterocycles. The van der Waals surface area contributed by atoms with Crippen LogP contribution in [0.1, 0.15) is 35.7 Å². The first-order chi connectivity index (χ1) is 13.7. The lowest BCUT2D eigenvalue weighted by Crippen LogP contribution is -2.42. The van der Waals surface area contributed by atoms with Gasteiger partial charge in [0, 0.05) is 36.8 Å². The number of carbonyl (C=O) groups is 4. The van der Waals surface area contributed by atoms with Crippen molar-refractivity contribution in [3.63, 3.8) is 0 Å². The largest absolute Gasteiger partial charge is 0.480 e. The fraction of sp³-hybridized carbons (Fsp3) is 0.238. The molecule has 2 N–H and O–H groups in total. The summed E-state index contributed by atoms with van der Waals surface area (Å²) >= 11 is 5.78. The van der Waals surface area contributed by atoms with Gasteiger partial charge >= 0.3 is 11.9 Å². The molecule has 8 heteroatoms. The van der Waals surface area contributed by atoms with Crippen LogP contribution in [-0.2, 0) is 20.8 Å². The number of rotatable bonds is 9. The monoisotopic (exact) mass is 417 g/mol. The number of halogens is 1. The van der Waals surface area contributed by atoms with E-state index in [1.165, 1.54) is 6.92 Å². The predicted molar refractivity (Wildman–Crippen MR) is 106 cm³/mol. The molecule has 7 nitrogen and oxygen atoms in total. The summed E-state index contributed by atoms with van der Waals surface area (Å²) in [4.78, 5) is 46.6. The summed E-state index contributed by atoms with van der Waals surface area (Å²) in [6.45, 7) is 1.28. The van der Waals surface area contributed by atoms with Crippen LogP contribution in [-0.4, -0.2) is 34.8 Å². The second-order valence-electron chi connectivity index (χ2n) is 6.33. The average molecular weight is 418 g/mol. The lowest BCUT2D eigenvalue weighted by molar-refractivity contribution is -0.141. The number of benzene rings is 2. The molecule has 1 atom stereocenters. The van der Waals surface area contributed by atoms with Gasteiger partial charge in [-0.2, -0.15) is 0 Å². The van der Waals surface area contributed by atoms with E-state index in [0.717, 1.165) is 0 Å². The van der Waals surface area contributed by atoms with Crippen molar-refractivity contribution in [3.05, 3.63) is 64.7 Å². The maximum absolute atomic E-state index is 12.1. The Balaban J connectivity index is 1.89. The third-order valence-corrected chi connectivity index (χ3v) is 4.26. The average Bonchev–Trinajstić information content (AvgIpc) is 2.67. The Labute approximate surface area is 172 Å². The van der Waals surface area contributed by atoms with Crippen LogP contribution in [0.25, 0.3) is 0 Å². The van der Waals surface area contributed by atoms with Crippen molar-refractivity contribution in [1.29, 1.82) is 0 Å². The maximum Gasteiger partial charge on any atom is 0.326 e. The quantitative estimate of drug-likeness (QED) is 0.368. The first kappa shape index (κ1) is 22.1. The molecule has 2 aromatic rings. The molecule has 1 amide bonds. The van der Waals surface area contributed by atoms with Gasteiger partial charge in [0.25, 0.3) is 0 Å². The van der Waals surface area contributed by atoms with Crippen LogP contribution in [0.4, 0.5) is 0 Å². The Bertz CT molecular complexity index is 892. The highest BCUT2D eigenvalue weighted by molar-refractivity contribution is 6.30. The summed E-state index contributed by atoms with van der Waals surface area (Å²) in [5, 5.41) is 12.3. The number of carboxylic acid groups (broad SMARTS) is 1. The fourth-order valence-electron chi connectivity index (χ4n) is 2.57. The molecular formula is C21H20ClNO6. The standard InChI is InChI=1S/C21H20ClNO6/c1-13(24)29-17-8-2-14(3-9-17)12-18(21(27)28)23-20(26)11-10-19(25)15-4-6-16(22)7-5-15/h2-9,18H,10-12H2,1H3,(H,23,26)(H,27,28). The number of amides is 1. The van der Waals surface area contributed by atoms with Crippen molar-refractivity contribution >= 4 is 35.2 Å². The Kier molecular flexibility index (Phi) is 7.91. The molecule has 0 spiro atoms. The van der Waals surface area contributed by atoms with Gasteiger partial charge in [0.1, 0.15) is 11.8 Å². The van der Waals surface area contributed by atoms with Crippen molar-refractivity contribution in [1.82, 2.24) is 5.32 Å². The van der Waals surface area contributed by atoms with E-state index in [1.54, 1.807) is 48.5 Å². The predicted octanol–water partition coefficient (Wildman–Crippen LogP) is 3.04. The summed E-state index contributed by atoms with van der Waals surface area (Å²) < 4.78 is 4.92. The molecule has 0 aliphatic carbocycles. The molecule has 29 heavy (non-hydrogen) atoms. The molecule has 2 aromatic carbocycles. The molecule has 0 aromatic heterocycles. The van der Waals surface area contributed by atoms with E-state index in [-0.39, 0.29) is 25.0 Å². The van der Waals surface area contributed by atoms with Crippen molar-refractivity contribution in [2.24, 2.45) is 0 Å². The Morgan fingerprint density at radius 2 is 1.62 bits per heavy atom. The molecule has 0 aliphatic heterocycles. The number of nitrogens with one attached hydrogen (secondary N) is 1. The molecule has 152 valence electrons. The van der Waals surface area contributed by atoms with E-state index >= 15 is 0 Å². The topological polar surface area (TPSA) is 110 Å². The second-order valence-corrected chi connectivity index (χ2v) is 6.77. The highest BCUT2D eigenvalue weighted by Gasteiger charge is 2.21. The lowest BCUT2D eigenvalue weighted by atomic mass is 10.0. The second kappa shape index (κ2) is 10.4. The minimum Gasteiger partial charge on any atom is -0.480 e. The highest BCUT2D eigenvalue weighted by Crippen LogP contribution is 2.14. The van der Waals surface area contributed by atoms with Gasteiger partial charge in [-0.05, 0) is 42.0 Å². The smallest absolute Gasteiger partial charge is 0.326 e. The first-order valence-corrected chi connectivity index (χ1v) is 9.20. The molecule has 0 radical (unpaired) electrons. The van der Waals surface area contributed by atoms with Gasteiger partial charge in [0.05, 0.1) is 0 Å². The van der Waals surface area contributed by atoms with Crippen molar-refractivity contribution in [2.45, 2.75) is 32.2 Å². The minimum absolute atomic E-state index is 0.0448. The van der Waals surface area contributed by atoms with E-state index in [1.807, 2.05) is 0 Å². The zero-order chi connectivity index (χ0) is 21.4.